The second-order valence-corrected chi connectivity index (χ2v) is 5.84. The molecular weight excluding hydrogens is 244 g/mol. The molecule has 2 heteroatoms. The van der Waals surface area contributed by atoms with E-state index < -0.39 is 0 Å². The van der Waals surface area contributed by atoms with E-state index in [-0.39, 0.29) is 0 Å². The van der Waals surface area contributed by atoms with Crippen molar-refractivity contribution in [3.05, 3.63) is 34.9 Å². The van der Waals surface area contributed by atoms with Crippen LogP contribution in [0.1, 0.15) is 55.8 Å². The maximum absolute atomic E-state index is 3.48. The maximum atomic E-state index is 3.48. The lowest BCUT2D eigenvalue weighted by Gasteiger charge is -2.24. The van der Waals surface area contributed by atoms with Crippen LogP contribution < -0.4 is 5.32 Å². The number of benzene rings is 1. The molecule has 1 aromatic carbocycles. The van der Waals surface area contributed by atoms with Gasteiger partial charge in [0.05, 0.1) is 0 Å². The number of nitrogens with one attached hydrogen (secondary N) is 1. The van der Waals surface area contributed by atoms with Gasteiger partial charge < -0.3 is 10.2 Å². The van der Waals surface area contributed by atoms with Crippen LogP contribution in [0.15, 0.2) is 18.2 Å². The van der Waals surface area contributed by atoms with Crippen molar-refractivity contribution < 1.29 is 0 Å². The molecule has 1 atom stereocenters. The SMILES string of the molecule is CCCCN(CC)CCC(NC)c1cc(C)cc(C)c1. The van der Waals surface area contributed by atoms with E-state index in [1.807, 2.05) is 0 Å². The second kappa shape index (κ2) is 9.15. The molecule has 1 rings (SSSR count). The zero-order valence-corrected chi connectivity index (χ0v) is 14.0. The van der Waals surface area contributed by atoms with Gasteiger partial charge in [-0.15, -0.1) is 0 Å². The summed E-state index contributed by atoms with van der Waals surface area (Å²) in [5.74, 6) is 0. The van der Waals surface area contributed by atoms with Gasteiger partial charge in [-0.1, -0.05) is 49.6 Å². The third-order valence-electron chi connectivity index (χ3n) is 4.00. The van der Waals surface area contributed by atoms with Crippen LogP contribution in [0, 0.1) is 13.8 Å². The normalized spacial score (nSPS) is 12.9. The molecule has 0 aliphatic heterocycles. The Bertz CT molecular complexity index is 367. The van der Waals surface area contributed by atoms with E-state index in [9.17, 15) is 0 Å². The summed E-state index contributed by atoms with van der Waals surface area (Å²) in [7, 11) is 2.07. The zero-order chi connectivity index (χ0) is 15.0. The van der Waals surface area contributed by atoms with Gasteiger partial charge >= 0.3 is 0 Å². The van der Waals surface area contributed by atoms with E-state index in [1.54, 1.807) is 0 Å². The molecule has 1 unspecified atom stereocenters. The fraction of sp³-hybridized carbons (Fsp3) is 0.667. The summed E-state index contributed by atoms with van der Waals surface area (Å²) < 4.78 is 0. The topological polar surface area (TPSA) is 15.3 Å². The highest BCUT2D eigenvalue weighted by atomic mass is 15.1. The third kappa shape index (κ3) is 5.64. The van der Waals surface area contributed by atoms with Crippen LogP contribution in [0.5, 0.6) is 0 Å². The monoisotopic (exact) mass is 276 g/mol. The van der Waals surface area contributed by atoms with Gasteiger partial charge in [-0.2, -0.15) is 0 Å². The van der Waals surface area contributed by atoms with E-state index in [0.29, 0.717) is 6.04 Å². The second-order valence-electron chi connectivity index (χ2n) is 5.84. The lowest BCUT2D eigenvalue weighted by Crippen LogP contribution is -2.29. The fourth-order valence-electron chi connectivity index (χ4n) is 2.81. The standard InChI is InChI=1S/C18H32N2/c1-6-8-10-20(7-2)11-9-18(19-5)17-13-15(3)12-16(4)14-17/h12-14,18-19H,6-11H2,1-5H3. The lowest BCUT2D eigenvalue weighted by atomic mass is 9.99. The quantitative estimate of drug-likeness (QED) is 0.731. The van der Waals surface area contributed by atoms with E-state index in [0.717, 1.165) is 6.54 Å². The minimum Gasteiger partial charge on any atom is -0.313 e. The molecule has 0 aliphatic rings. The Morgan fingerprint density at radius 3 is 2.20 bits per heavy atom. The van der Waals surface area contributed by atoms with Crippen molar-refractivity contribution in [3.8, 4) is 0 Å². The molecule has 114 valence electrons. The summed E-state index contributed by atoms with van der Waals surface area (Å²) in [5, 5.41) is 3.48. The van der Waals surface area contributed by atoms with Gasteiger partial charge in [-0.3, -0.25) is 0 Å². The van der Waals surface area contributed by atoms with Crippen molar-refractivity contribution in [2.45, 2.75) is 53.0 Å². The number of rotatable bonds is 9. The Morgan fingerprint density at radius 1 is 1.05 bits per heavy atom. The molecule has 0 heterocycles. The van der Waals surface area contributed by atoms with Gasteiger partial charge in [-0.25, -0.2) is 0 Å². The minimum atomic E-state index is 0.462. The van der Waals surface area contributed by atoms with E-state index in [2.05, 4.69) is 63.2 Å². The first-order valence-electron chi connectivity index (χ1n) is 8.08. The molecule has 0 spiro atoms. The van der Waals surface area contributed by atoms with Crippen LogP contribution in [-0.4, -0.2) is 31.6 Å². The summed E-state index contributed by atoms with van der Waals surface area (Å²) in [6, 6.07) is 7.34. The summed E-state index contributed by atoms with van der Waals surface area (Å²) >= 11 is 0. The van der Waals surface area contributed by atoms with E-state index in [4.69, 9.17) is 0 Å². The molecule has 0 aliphatic carbocycles. The third-order valence-corrected chi connectivity index (χ3v) is 4.00. The summed E-state index contributed by atoms with van der Waals surface area (Å²) in [5.41, 5.74) is 4.15. The van der Waals surface area contributed by atoms with Gasteiger partial charge in [0, 0.05) is 6.04 Å². The van der Waals surface area contributed by atoms with E-state index in [1.165, 1.54) is 49.0 Å². The van der Waals surface area contributed by atoms with Crippen molar-refractivity contribution in [2.75, 3.05) is 26.7 Å². The predicted molar refractivity (Wildman–Crippen MR) is 89.4 cm³/mol. The maximum Gasteiger partial charge on any atom is 0.0329 e. The van der Waals surface area contributed by atoms with Crippen molar-refractivity contribution in [1.29, 1.82) is 0 Å². The summed E-state index contributed by atoms with van der Waals surface area (Å²) in [6.45, 7) is 12.5. The van der Waals surface area contributed by atoms with Gasteiger partial charge in [0.25, 0.3) is 0 Å². The number of unbranched alkanes of at least 4 members (excludes halogenated alkanes) is 1. The average Bonchev–Trinajstić information content (AvgIpc) is 2.41. The number of aryl methyl sites for hydroxylation is 2. The van der Waals surface area contributed by atoms with Crippen molar-refractivity contribution >= 4 is 0 Å². The highest BCUT2D eigenvalue weighted by molar-refractivity contribution is 5.30. The molecule has 1 N–H and O–H groups in total. The molecular formula is C18H32N2. The largest absolute Gasteiger partial charge is 0.313 e. The average molecular weight is 276 g/mol. The van der Waals surface area contributed by atoms with Crippen molar-refractivity contribution in [2.24, 2.45) is 0 Å². The zero-order valence-electron chi connectivity index (χ0n) is 14.0. The van der Waals surface area contributed by atoms with Crippen LogP contribution in [0.3, 0.4) is 0 Å². The van der Waals surface area contributed by atoms with Crippen LogP contribution in [-0.2, 0) is 0 Å². The Morgan fingerprint density at radius 2 is 1.70 bits per heavy atom. The predicted octanol–water partition coefficient (Wildman–Crippen LogP) is 4.08. The number of hydrogen-bond donors (Lipinski definition) is 1. The minimum absolute atomic E-state index is 0.462. The first-order valence-corrected chi connectivity index (χ1v) is 8.08. The lowest BCUT2D eigenvalue weighted by molar-refractivity contribution is 0.267. The molecule has 1 aromatic rings. The number of hydrogen-bond acceptors (Lipinski definition) is 2. The van der Waals surface area contributed by atoms with Crippen LogP contribution in [0.25, 0.3) is 0 Å². The van der Waals surface area contributed by atoms with Crippen molar-refractivity contribution in [1.82, 2.24) is 10.2 Å². The molecule has 0 fully saturated rings. The van der Waals surface area contributed by atoms with Crippen LogP contribution >= 0.6 is 0 Å². The van der Waals surface area contributed by atoms with Crippen molar-refractivity contribution in [3.63, 3.8) is 0 Å². The van der Waals surface area contributed by atoms with Gasteiger partial charge in [0.2, 0.25) is 0 Å². The highest BCUT2D eigenvalue weighted by Gasteiger charge is 2.12. The fourth-order valence-corrected chi connectivity index (χ4v) is 2.81. The molecule has 0 saturated carbocycles. The van der Waals surface area contributed by atoms with Crippen LogP contribution in [0.4, 0.5) is 0 Å². The molecule has 0 radical (unpaired) electrons. The molecule has 0 amide bonds. The summed E-state index contributed by atoms with van der Waals surface area (Å²) in [4.78, 5) is 2.57. The Balaban J connectivity index is 2.62. The first kappa shape index (κ1) is 17.2. The Labute approximate surface area is 125 Å². The Kier molecular flexibility index (Phi) is 7.86. The smallest absolute Gasteiger partial charge is 0.0329 e. The molecule has 0 aromatic heterocycles. The van der Waals surface area contributed by atoms with Crippen LogP contribution in [0.2, 0.25) is 0 Å². The van der Waals surface area contributed by atoms with Gasteiger partial charge in [-0.05, 0) is 58.9 Å². The first-order chi connectivity index (χ1) is 9.60. The van der Waals surface area contributed by atoms with Gasteiger partial charge in [0.1, 0.15) is 0 Å². The van der Waals surface area contributed by atoms with Gasteiger partial charge in [0.15, 0.2) is 0 Å². The molecule has 0 saturated heterocycles. The molecule has 2 nitrogen and oxygen atoms in total. The summed E-state index contributed by atoms with van der Waals surface area (Å²) in [6.07, 6.45) is 3.77. The highest BCUT2D eigenvalue weighted by Crippen LogP contribution is 2.20. The van der Waals surface area contributed by atoms with E-state index >= 15 is 0 Å². The Hall–Kier alpha value is -0.860. The number of nitrogens with zero attached hydrogens (tertiary/aromatic N) is 1. The molecule has 20 heavy (non-hydrogen) atoms. The molecule has 0 bridgehead atoms.